The van der Waals surface area contributed by atoms with Gasteiger partial charge in [0, 0.05) is 16.1 Å². The summed E-state index contributed by atoms with van der Waals surface area (Å²) in [5.74, 6) is -0.0267. The Labute approximate surface area is 199 Å². The fourth-order valence-corrected chi connectivity index (χ4v) is 5.02. The third kappa shape index (κ3) is 6.70. The maximum Gasteiger partial charge on any atom is 0.334 e. The van der Waals surface area contributed by atoms with Gasteiger partial charge in [0.15, 0.2) is 0 Å². The zero-order chi connectivity index (χ0) is 20.8. The standard InChI is InChI=1S/C24H26ClN3OS.ClH/c25-19-11-13-21(14-12-19)26-23(29)15-22-17-30-24(27-20-9-5-2-6-10-20)28(22)16-18-7-3-1-4-8-18;/h1,3-4,7-8,11-14,17,20H,2,5-6,9-10,15-16H2,(H,26,29);1H. The molecule has 0 atom stereocenters. The molecule has 1 aromatic heterocycles. The van der Waals surface area contributed by atoms with Crippen LogP contribution in [0.4, 0.5) is 10.8 Å². The molecule has 0 saturated heterocycles. The maximum absolute atomic E-state index is 12.7. The van der Waals surface area contributed by atoms with Crippen molar-refractivity contribution in [2.45, 2.75) is 51.1 Å². The van der Waals surface area contributed by atoms with E-state index >= 15 is 0 Å². The molecule has 1 fully saturated rings. The number of anilines is 2. The molecule has 7 heteroatoms. The number of thiazole rings is 1. The Balaban J connectivity index is 0.00000272. The van der Waals surface area contributed by atoms with Crippen LogP contribution in [0, 0.1) is 0 Å². The summed E-state index contributed by atoms with van der Waals surface area (Å²) in [5.41, 5.74) is 3.01. The van der Waals surface area contributed by atoms with E-state index in [1.807, 2.05) is 18.2 Å². The molecule has 0 bridgehead atoms. The average molecular weight is 476 g/mol. The minimum Gasteiger partial charge on any atom is -1.00 e. The highest BCUT2D eigenvalue weighted by molar-refractivity contribution is 7.13. The molecule has 3 aromatic rings. The van der Waals surface area contributed by atoms with Crippen LogP contribution in [-0.4, -0.2) is 11.9 Å². The zero-order valence-electron chi connectivity index (χ0n) is 17.3. The molecule has 1 aliphatic rings. The molecule has 1 saturated carbocycles. The van der Waals surface area contributed by atoms with E-state index in [0.717, 1.165) is 23.1 Å². The Morgan fingerprint density at radius 1 is 1.03 bits per heavy atom. The van der Waals surface area contributed by atoms with Crippen LogP contribution in [-0.2, 0) is 17.8 Å². The van der Waals surface area contributed by atoms with Gasteiger partial charge in [-0.05, 0) is 55.5 Å². The first-order valence-corrected chi connectivity index (χ1v) is 11.8. The molecule has 164 valence electrons. The number of hydrogen-bond acceptors (Lipinski definition) is 3. The quantitative estimate of drug-likeness (QED) is 0.516. The second-order valence-corrected chi connectivity index (χ2v) is 9.11. The summed E-state index contributed by atoms with van der Waals surface area (Å²) in [4.78, 5) is 12.7. The topological polar surface area (TPSA) is 45.0 Å². The normalized spacial score (nSPS) is 14.0. The van der Waals surface area contributed by atoms with Crippen LogP contribution in [0.25, 0.3) is 0 Å². The van der Waals surface area contributed by atoms with Gasteiger partial charge in [0.25, 0.3) is 0 Å². The van der Waals surface area contributed by atoms with E-state index in [0.29, 0.717) is 17.5 Å². The molecule has 0 unspecified atom stereocenters. The monoisotopic (exact) mass is 475 g/mol. The molecule has 0 radical (unpaired) electrons. The Morgan fingerprint density at radius 3 is 2.45 bits per heavy atom. The van der Waals surface area contributed by atoms with Crippen LogP contribution < -0.4 is 27.6 Å². The maximum atomic E-state index is 12.7. The van der Waals surface area contributed by atoms with Crippen molar-refractivity contribution in [3.8, 4) is 0 Å². The number of amides is 1. The molecule has 1 amide bonds. The lowest BCUT2D eigenvalue weighted by molar-refractivity contribution is -0.677. The van der Waals surface area contributed by atoms with Crippen molar-refractivity contribution in [3.63, 3.8) is 0 Å². The van der Waals surface area contributed by atoms with Gasteiger partial charge in [-0.15, -0.1) is 0 Å². The highest BCUT2D eigenvalue weighted by Crippen LogP contribution is 2.24. The first kappa shape index (κ1) is 23.6. The summed E-state index contributed by atoms with van der Waals surface area (Å²) in [7, 11) is 0. The molecule has 0 spiro atoms. The molecule has 1 aliphatic carbocycles. The van der Waals surface area contributed by atoms with Crippen LogP contribution in [0.1, 0.15) is 43.4 Å². The van der Waals surface area contributed by atoms with Gasteiger partial charge in [0.1, 0.15) is 12.2 Å². The number of rotatable bonds is 7. The van der Waals surface area contributed by atoms with Crippen LogP contribution in [0.5, 0.6) is 0 Å². The number of carbonyl (C=O) groups excluding carboxylic acids is 1. The van der Waals surface area contributed by atoms with Crippen LogP contribution >= 0.6 is 22.9 Å². The van der Waals surface area contributed by atoms with E-state index in [-0.39, 0.29) is 18.3 Å². The van der Waals surface area contributed by atoms with Gasteiger partial charge >= 0.3 is 5.13 Å². The minimum absolute atomic E-state index is 0. The predicted molar refractivity (Wildman–Crippen MR) is 124 cm³/mol. The van der Waals surface area contributed by atoms with Crippen molar-refractivity contribution in [1.29, 1.82) is 0 Å². The van der Waals surface area contributed by atoms with E-state index in [2.05, 4.69) is 44.8 Å². The van der Waals surface area contributed by atoms with Gasteiger partial charge in [-0.2, -0.15) is 0 Å². The molecule has 2 N–H and O–H groups in total. The molecular formula is C24H27Cl2N3OS. The third-order valence-electron chi connectivity index (χ3n) is 5.48. The molecule has 4 rings (SSSR count). The minimum atomic E-state index is -0.0267. The smallest absolute Gasteiger partial charge is 0.334 e. The number of carbonyl (C=O) groups is 1. The Hall–Kier alpha value is -2.08. The third-order valence-corrected chi connectivity index (χ3v) is 6.69. The number of nitrogens with zero attached hydrogens (tertiary/aromatic N) is 1. The van der Waals surface area contributed by atoms with Gasteiger partial charge in [-0.25, -0.2) is 4.57 Å². The highest BCUT2D eigenvalue weighted by Gasteiger charge is 2.25. The Bertz CT molecular complexity index is 970. The largest absolute Gasteiger partial charge is 1.00 e. The lowest BCUT2D eigenvalue weighted by atomic mass is 9.96. The molecule has 0 aliphatic heterocycles. The van der Waals surface area contributed by atoms with Crippen molar-refractivity contribution < 1.29 is 21.8 Å². The van der Waals surface area contributed by atoms with Gasteiger partial charge in [-0.3, -0.25) is 10.1 Å². The second-order valence-electron chi connectivity index (χ2n) is 7.82. The van der Waals surface area contributed by atoms with Crippen LogP contribution in [0.3, 0.4) is 0 Å². The molecule has 1 heterocycles. The van der Waals surface area contributed by atoms with E-state index in [9.17, 15) is 4.79 Å². The number of nitrogens with one attached hydrogen (secondary N) is 2. The second kappa shape index (κ2) is 11.5. The van der Waals surface area contributed by atoms with Gasteiger partial charge in [0.05, 0.1) is 12.5 Å². The molecule has 31 heavy (non-hydrogen) atoms. The number of halogens is 2. The summed E-state index contributed by atoms with van der Waals surface area (Å²) in [6.45, 7) is 0.753. The predicted octanol–water partition coefficient (Wildman–Crippen LogP) is 2.67. The summed E-state index contributed by atoms with van der Waals surface area (Å²) >= 11 is 7.63. The summed E-state index contributed by atoms with van der Waals surface area (Å²) in [6.07, 6.45) is 6.68. The fourth-order valence-electron chi connectivity index (χ4n) is 3.89. The Kier molecular flexibility index (Phi) is 8.76. The van der Waals surface area contributed by atoms with Crippen molar-refractivity contribution in [2.75, 3.05) is 10.6 Å². The van der Waals surface area contributed by atoms with Crippen LogP contribution in [0.15, 0.2) is 60.0 Å². The van der Waals surface area contributed by atoms with Crippen molar-refractivity contribution in [1.82, 2.24) is 0 Å². The van der Waals surface area contributed by atoms with E-state index in [1.54, 1.807) is 23.5 Å². The molecule has 4 nitrogen and oxygen atoms in total. The van der Waals surface area contributed by atoms with Crippen molar-refractivity contribution in [3.05, 3.63) is 76.3 Å². The summed E-state index contributed by atoms with van der Waals surface area (Å²) in [5, 5.41) is 10.6. The zero-order valence-corrected chi connectivity index (χ0v) is 19.6. The van der Waals surface area contributed by atoms with E-state index in [1.165, 1.54) is 37.7 Å². The average Bonchev–Trinajstić information content (AvgIpc) is 3.12. The van der Waals surface area contributed by atoms with E-state index in [4.69, 9.17) is 11.6 Å². The first-order chi connectivity index (χ1) is 14.7. The van der Waals surface area contributed by atoms with Crippen molar-refractivity contribution in [2.24, 2.45) is 0 Å². The van der Waals surface area contributed by atoms with Gasteiger partial charge in [-0.1, -0.05) is 59.7 Å². The highest BCUT2D eigenvalue weighted by atomic mass is 35.5. The van der Waals surface area contributed by atoms with Gasteiger partial charge in [0.2, 0.25) is 5.91 Å². The Morgan fingerprint density at radius 2 is 1.74 bits per heavy atom. The van der Waals surface area contributed by atoms with E-state index < -0.39 is 0 Å². The van der Waals surface area contributed by atoms with Crippen LogP contribution in [0.2, 0.25) is 5.02 Å². The first-order valence-electron chi connectivity index (χ1n) is 10.5. The number of benzene rings is 2. The summed E-state index contributed by atoms with van der Waals surface area (Å²) < 4.78 is 2.26. The van der Waals surface area contributed by atoms with Crippen molar-refractivity contribution >= 4 is 39.7 Å². The lowest BCUT2D eigenvalue weighted by Gasteiger charge is -2.19. The summed E-state index contributed by atoms with van der Waals surface area (Å²) in [6, 6.07) is 18.1. The number of aromatic nitrogens is 1. The van der Waals surface area contributed by atoms with Gasteiger partial charge < -0.3 is 17.7 Å². The SMILES string of the molecule is O=C(Cc1csc(NC2CCCCC2)[n+]1Cc1ccccc1)Nc1ccc(Cl)cc1.[Cl-]. The lowest BCUT2D eigenvalue weighted by Crippen LogP contribution is -3.00. The molecular weight excluding hydrogens is 449 g/mol. The number of hydrogen-bond donors (Lipinski definition) is 2. The fraction of sp³-hybridized carbons (Fsp3) is 0.333. The molecule has 2 aromatic carbocycles.